The van der Waals surface area contributed by atoms with E-state index in [1.54, 1.807) is 6.21 Å². The van der Waals surface area contributed by atoms with Crippen molar-refractivity contribution in [3.05, 3.63) is 47.7 Å². The van der Waals surface area contributed by atoms with Crippen LogP contribution in [0.1, 0.15) is 48.0 Å². The van der Waals surface area contributed by atoms with Crippen molar-refractivity contribution in [2.75, 3.05) is 0 Å². The molecule has 0 aromatic rings. The zero-order valence-corrected chi connectivity index (χ0v) is 12.2. The summed E-state index contributed by atoms with van der Waals surface area (Å²) < 4.78 is 0. The molecule has 0 atom stereocenters. The van der Waals surface area contributed by atoms with Gasteiger partial charge in [0, 0.05) is 12.4 Å². The zero-order valence-electron chi connectivity index (χ0n) is 12.2. The van der Waals surface area contributed by atoms with Gasteiger partial charge in [0.2, 0.25) is 0 Å². The minimum atomic E-state index is 1.10. The van der Waals surface area contributed by atoms with Crippen LogP contribution in [-0.2, 0) is 0 Å². The van der Waals surface area contributed by atoms with Crippen LogP contribution in [0, 0.1) is 0 Å². The normalized spacial score (nSPS) is 13.4. The Kier molecular flexibility index (Phi) is 13.5. The van der Waals surface area contributed by atoms with E-state index in [0.717, 1.165) is 6.42 Å². The summed E-state index contributed by atoms with van der Waals surface area (Å²) in [6, 6.07) is 0. The molecule has 1 heteroatoms. The quantitative estimate of drug-likeness (QED) is 0.440. The highest BCUT2D eigenvalue weighted by Crippen LogP contribution is 2.09. The summed E-state index contributed by atoms with van der Waals surface area (Å²) in [5.41, 5.74) is 3.88. The summed E-state index contributed by atoms with van der Waals surface area (Å²) in [6.07, 6.45) is 10.7. The van der Waals surface area contributed by atoms with Gasteiger partial charge in [-0.1, -0.05) is 45.1 Å². The first kappa shape index (κ1) is 18.0. The largest absolute Gasteiger partial charge is 0.265 e. The van der Waals surface area contributed by atoms with E-state index in [-0.39, 0.29) is 0 Å². The first-order chi connectivity index (χ1) is 8.11. The van der Waals surface area contributed by atoms with E-state index in [0.29, 0.717) is 0 Å². The summed E-state index contributed by atoms with van der Waals surface area (Å²) in [5.74, 6) is 0. The number of hydrogen-bond donors (Lipinski definition) is 0. The van der Waals surface area contributed by atoms with E-state index in [4.69, 9.17) is 0 Å². The summed E-state index contributed by atoms with van der Waals surface area (Å²) in [5, 5.41) is 0. The molecule has 0 aliphatic rings. The Labute approximate surface area is 107 Å². The topological polar surface area (TPSA) is 12.4 Å². The third-order valence-corrected chi connectivity index (χ3v) is 2.31. The lowest BCUT2D eigenvalue weighted by Gasteiger charge is -1.98. The van der Waals surface area contributed by atoms with Crippen molar-refractivity contribution in [2.45, 2.75) is 48.0 Å². The Morgan fingerprint density at radius 2 is 1.53 bits per heavy atom. The Morgan fingerprint density at radius 1 is 1.00 bits per heavy atom. The number of nitrogens with zero attached hydrogens (tertiary/aromatic N) is 1. The van der Waals surface area contributed by atoms with Gasteiger partial charge in [0.25, 0.3) is 0 Å². The Balaban J connectivity index is 0. The van der Waals surface area contributed by atoms with Crippen molar-refractivity contribution < 1.29 is 0 Å². The highest BCUT2D eigenvalue weighted by atomic mass is 14.6. The molecule has 0 N–H and O–H groups in total. The number of rotatable bonds is 5. The Morgan fingerprint density at radius 3 is 2.00 bits per heavy atom. The van der Waals surface area contributed by atoms with Gasteiger partial charge in [-0.2, -0.15) is 0 Å². The predicted molar refractivity (Wildman–Crippen MR) is 81.6 cm³/mol. The molecular weight excluding hydrogens is 206 g/mol. The van der Waals surface area contributed by atoms with Crippen molar-refractivity contribution >= 4 is 6.21 Å². The van der Waals surface area contributed by atoms with Crippen molar-refractivity contribution in [3.8, 4) is 0 Å². The standard InChI is InChI=1S/C14H21N.C2H6/c1-6-12(3)8-9-13(4)14(5)10-11-15-7-2;1-2/h7-11H,2,6H2,1,3-5H3;1-2H3/b12-8-,13-9+,14-10+,15-11?;. The fraction of sp³-hybridized carbons (Fsp3) is 0.438. The average Bonchev–Trinajstić information content (AvgIpc) is 2.37. The van der Waals surface area contributed by atoms with E-state index in [1.165, 1.54) is 22.9 Å². The van der Waals surface area contributed by atoms with Crippen LogP contribution in [-0.4, -0.2) is 6.21 Å². The van der Waals surface area contributed by atoms with Crippen LogP contribution in [0.25, 0.3) is 0 Å². The van der Waals surface area contributed by atoms with Crippen LogP contribution in [0.4, 0.5) is 0 Å². The smallest absolute Gasteiger partial charge is 0.0270 e. The SMILES string of the molecule is C=CN=C/C=C(C)/C(C)=C/C=C(/C)CC.CC. The molecule has 0 aliphatic carbocycles. The van der Waals surface area contributed by atoms with Gasteiger partial charge in [0.1, 0.15) is 0 Å². The number of aliphatic imine (C=N–C) groups is 1. The molecule has 0 heterocycles. The molecule has 0 spiro atoms. The van der Waals surface area contributed by atoms with Crippen LogP contribution in [0.2, 0.25) is 0 Å². The van der Waals surface area contributed by atoms with Gasteiger partial charge in [-0.15, -0.1) is 0 Å². The van der Waals surface area contributed by atoms with E-state index < -0.39 is 0 Å². The summed E-state index contributed by atoms with van der Waals surface area (Å²) in [6.45, 7) is 16.0. The van der Waals surface area contributed by atoms with Gasteiger partial charge >= 0.3 is 0 Å². The van der Waals surface area contributed by atoms with Gasteiger partial charge in [-0.05, 0) is 44.4 Å². The molecule has 0 amide bonds. The fourth-order valence-electron chi connectivity index (χ4n) is 0.864. The maximum atomic E-state index is 3.93. The molecule has 0 aromatic carbocycles. The predicted octanol–water partition coefficient (Wildman–Crippen LogP) is 5.48. The zero-order chi connectivity index (χ0) is 13.7. The molecule has 17 heavy (non-hydrogen) atoms. The lowest BCUT2D eigenvalue weighted by Crippen LogP contribution is -1.80. The van der Waals surface area contributed by atoms with Gasteiger partial charge in [-0.3, -0.25) is 4.99 Å². The minimum Gasteiger partial charge on any atom is -0.265 e. The molecule has 0 aliphatic heterocycles. The first-order valence-corrected chi connectivity index (χ1v) is 6.27. The second-order valence-electron chi connectivity index (χ2n) is 3.55. The molecule has 0 fully saturated rings. The molecule has 0 saturated carbocycles. The summed E-state index contributed by atoms with van der Waals surface area (Å²) in [7, 11) is 0. The third-order valence-electron chi connectivity index (χ3n) is 2.31. The van der Waals surface area contributed by atoms with Crippen LogP contribution in [0.15, 0.2) is 52.7 Å². The van der Waals surface area contributed by atoms with Gasteiger partial charge in [0.05, 0.1) is 0 Å². The molecule has 1 nitrogen and oxygen atoms in total. The molecule has 96 valence electrons. The van der Waals surface area contributed by atoms with Crippen LogP contribution < -0.4 is 0 Å². The van der Waals surface area contributed by atoms with Crippen molar-refractivity contribution in [2.24, 2.45) is 4.99 Å². The maximum absolute atomic E-state index is 3.93. The first-order valence-electron chi connectivity index (χ1n) is 6.27. The van der Waals surface area contributed by atoms with Crippen LogP contribution in [0.5, 0.6) is 0 Å². The second-order valence-corrected chi connectivity index (χ2v) is 3.55. The summed E-state index contributed by atoms with van der Waals surface area (Å²) >= 11 is 0. The van der Waals surface area contributed by atoms with Crippen LogP contribution >= 0.6 is 0 Å². The van der Waals surface area contributed by atoms with E-state index >= 15 is 0 Å². The molecule has 0 radical (unpaired) electrons. The number of allylic oxidation sites excluding steroid dienone is 6. The highest BCUT2D eigenvalue weighted by molar-refractivity contribution is 5.73. The Bertz CT molecular complexity index is 314. The molecule has 0 rings (SSSR count). The fourth-order valence-corrected chi connectivity index (χ4v) is 0.864. The minimum absolute atomic E-state index is 1.10. The second kappa shape index (κ2) is 12.7. The van der Waals surface area contributed by atoms with Crippen molar-refractivity contribution in [3.63, 3.8) is 0 Å². The molecule has 0 bridgehead atoms. The maximum Gasteiger partial charge on any atom is 0.0270 e. The lowest BCUT2D eigenvalue weighted by molar-refractivity contribution is 1.10. The van der Waals surface area contributed by atoms with Crippen molar-refractivity contribution in [1.82, 2.24) is 0 Å². The van der Waals surface area contributed by atoms with E-state index in [1.807, 2.05) is 19.9 Å². The average molecular weight is 233 g/mol. The monoisotopic (exact) mass is 233 g/mol. The van der Waals surface area contributed by atoms with Gasteiger partial charge in [0.15, 0.2) is 0 Å². The lowest BCUT2D eigenvalue weighted by atomic mass is 10.1. The highest BCUT2D eigenvalue weighted by Gasteiger charge is 1.89. The molecule has 0 unspecified atom stereocenters. The number of hydrogen-bond acceptors (Lipinski definition) is 1. The van der Waals surface area contributed by atoms with Crippen LogP contribution in [0.3, 0.4) is 0 Å². The third kappa shape index (κ3) is 10.9. The summed E-state index contributed by atoms with van der Waals surface area (Å²) in [4.78, 5) is 3.93. The van der Waals surface area contributed by atoms with Crippen molar-refractivity contribution in [1.29, 1.82) is 0 Å². The Hall–Kier alpha value is -1.37. The molecule has 0 aromatic heterocycles. The molecular formula is C16H27N. The van der Waals surface area contributed by atoms with E-state index in [9.17, 15) is 0 Å². The van der Waals surface area contributed by atoms with Gasteiger partial charge < -0.3 is 0 Å². The van der Waals surface area contributed by atoms with E-state index in [2.05, 4.69) is 51.4 Å². The van der Waals surface area contributed by atoms with Gasteiger partial charge in [-0.25, -0.2) is 0 Å². The molecule has 0 saturated heterocycles.